The standard InChI is InChI=1S/C19H18N4OS/c1-12(21-18(24)14-5-3-2-4-6-14)19-22-17(23-25-19)15-9-10-20-16(11-15)13-7-8-13/h2-6,9-13H,7-8H2,1H3,(H,21,24)/t12-/m1/s1. The van der Waals surface area contributed by atoms with E-state index in [1.54, 1.807) is 12.1 Å². The van der Waals surface area contributed by atoms with Gasteiger partial charge < -0.3 is 5.32 Å². The second-order valence-corrected chi connectivity index (χ2v) is 7.04. The van der Waals surface area contributed by atoms with Crippen LogP contribution in [0.15, 0.2) is 48.7 Å². The highest BCUT2D eigenvalue weighted by Gasteiger charge is 2.25. The number of aromatic nitrogens is 3. The summed E-state index contributed by atoms with van der Waals surface area (Å²) in [6.45, 7) is 1.92. The Bertz CT molecular complexity index is 889. The Hall–Kier alpha value is -2.60. The van der Waals surface area contributed by atoms with Gasteiger partial charge in [0.05, 0.1) is 6.04 Å². The molecule has 1 amide bonds. The van der Waals surface area contributed by atoms with Crippen LogP contribution in [-0.2, 0) is 0 Å². The Labute approximate surface area is 150 Å². The van der Waals surface area contributed by atoms with E-state index in [1.165, 1.54) is 24.4 Å². The van der Waals surface area contributed by atoms with Gasteiger partial charge in [-0.25, -0.2) is 4.98 Å². The molecule has 1 aliphatic rings. The number of hydrogen-bond donors (Lipinski definition) is 1. The van der Waals surface area contributed by atoms with Crippen LogP contribution in [0.5, 0.6) is 0 Å². The van der Waals surface area contributed by atoms with Crippen LogP contribution >= 0.6 is 11.5 Å². The molecule has 3 aromatic rings. The van der Waals surface area contributed by atoms with E-state index < -0.39 is 0 Å². The second-order valence-electron chi connectivity index (χ2n) is 6.26. The molecule has 1 saturated carbocycles. The van der Waals surface area contributed by atoms with E-state index in [-0.39, 0.29) is 11.9 Å². The van der Waals surface area contributed by atoms with Crippen LogP contribution in [0.4, 0.5) is 0 Å². The minimum absolute atomic E-state index is 0.107. The summed E-state index contributed by atoms with van der Waals surface area (Å²) >= 11 is 1.32. The number of pyridine rings is 1. The smallest absolute Gasteiger partial charge is 0.251 e. The van der Waals surface area contributed by atoms with Gasteiger partial charge in [0.25, 0.3) is 5.91 Å². The molecule has 2 heterocycles. The third kappa shape index (κ3) is 3.58. The maximum absolute atomic E-state index is 12.3. The van der Waals surface area contributed by atoms with Gasteiger partial charge >= 0.3 is 0 Å². The number of nitrogens with one attached hydrogen (secondary N) is 1. The van der Waals surface area contributed by atoms with Gasteiger partial charge in [-0.15, -0.1) is 0 Å². The largest absolute Gasteiger partial charge is 0.343 e. The summed E-state index contributed by atoms with van der Waals surface area (Å²) in [5.41, 5.74) is 2.75. The van der Waals surface area contributed by atoms with Crippen molar-refractivity contribution in [2.45, 2.75) is 31.7 Å². The zero-order valence-corrected chi connectivity index (χ0v) is 14.7. The molecule has 1 aromatic carbocycles. The molecule has 1 aliphatic carbocycles. The molecule has 0 spiro atoms. The van der Waals surface area contributed by atoms with Gasteiger partial charge in [0, 0.05) is 28.9 Å². The highest BCUT2D eigenvalue weighted by atomic mass is 32.1. The number of carbonyl (C=O) groups excluding carboxylic acids is 1. The molecular weight excluding hydrogens is 332 g/mol. The first-order valence-electron chi connectivity index (χ1n) is 8.36. The zero-order chi connectivity index (χ0) is 17.2. The van der Waals surface area contributed by atoms with E-state index in [2.05, 4.69) is 25.7 Å². The number of amides is 1. The monoisotopic (exact) mass is 350 g/mol. The predicted molar refractivity (Wildman–Crippen MR) is 97.4 cm³/mol. The fourth-order valence-electron chi connectivity index (χ4n) is 2.65. The van der Waals surface area contributed by atoms with Crippen LogP contribution in [0.2, 0.25) is 0 Å². The van der Waals surface area contributed by atoms with E-state index in [0.29, 0.717) is 17.3 Å². The minimum atomic E-state index is -0.191. The third-order valence-corrected chi connectivity index (χ3v) is 5.13. The van der Waals surface area contributed by atoms with Gasteiger partial charge in [0.15, 0.2) is 5.82 Å². The van der Waals surface area contributed by atoms with Gasteiger partial charge in [-0.3, -0.25) is 9.78 Å². The molecule has 0 unspecified atom stereocenters. The Morgan fingerprint density at radius 1 is 1.24 bits per heavy atom. The average Bonchev–Trinajstić information content (AvgIpc) is 3.39. The van der Waals surface area contributed by atoms with Gasteiger partial charge in [-0.2, -0.15) is 4.37 Å². The highest BCUT2D eigenvalue weighted by molar-refractivity contribution is 7.05. The molecule has 5 nitrogen and oxygen atoms in total. The first kappa shape index (κ1) is 15.9. The Morgan fingerprint density at radius 2 is 2.04 bits per heavy atom. The van der Waals surface area contributed by atoms with E-state index in [9.17, 15) is 4.79 Å². The minimum Gasteiger partial charge on any atom is -0.343 e. The van der Waals surface area contributed by atoms with Gasteiger partial charge in [0.2, 0.25) is 0 Å². The Balaban J connectivity index is 1.49. The second kappa shape index (κ2) is 6.72. The van der Waals surface area contributed by atoms with Crippen molar-refractivity contribution in [3.8, 4) is 11.4 Å². The lowest BCUT2D eigenvalue weighted by molar-refractivity contribution is 0.0940. The van der Waals surface area contributed by atoms with Crippen molar-refractivity contribution in [2.24, 2.45) is 0 Å². The van der Waals surface area contributed by atoms with Crippen molar-refractivity contribution in [3.05, 3.63) is 64.9 Å². The summed E-state index contributed by atoms with van der Waals surface area (Å²) < 4.78 is 4.46. The summed E-state index contributed by atoms with van der Waals surface area (Å²) in [6, 6.07) is 13.0. The average molecular weight is 350 g/mol. The summed E-state index contributed by atoms with van der Waals surface area (Å²) in [5, 5.41) is 3.77. The molecule has 2 aromatic heterocycles. The molecule has 0 bridgehead atoms. The molecular formula is C19H18N4OS. The van der Waals surface area contributed by atoms with E-state index >= 15 is 0 Å². The normalized spacial score (nSPS) is 14.9. The van der Waals surface area contributed by atoms with Crippen LogP contribution in [0.3, 0.4) is 0 Å². The van der Waals surface area contributed by atoms with Crippen LogP contribution in [0.25, 0.3) is 11.4 Å². The van der Waals surface area contributed by atoms with Gasteiger partial charge in [-0.1, -0.05) is 18.2 Å². The number of nitrogens with zero attached hydrogens (tertiary/aromatic N) is 3. The molecule has 25 heavy (non-hydrogen) atoms. The molecule has 6 heteroatoms. The molecule has 126 valence electrons. The lowest BCUT2D eigenvalue weighted by Gasteiger charge is -2.10. The zero-order valence-electron chi connectivity index (χ0n) is 13.8. The first-order chi connectivity index (χ1) is 12.2. The van der Waals surface area contributed by atoms with E-state index in [4.69, 9.17) is 0 Å². The number of hydrogen-bond acceptors (Lipinski definition) is 5. The fourth-order valence-corrected chi connectivity index (χ4v) is 3.32. The maximum atomic E-state index is 12.3. The molecule has 0 radical (unpaired) electrons. The van der Waals surface area contributed by atoms with Crippen molar-refractivity contribution in [3.63, 3.8) is 0 Å². The lowest BCUT2D eigenvalue weighted by Crippen LogP contribution is -2.26. The Morgan fingerprint density at radius 3 is 2.80 bits per heavy atom. The SMILES string of the molecule is C[C@@H](NC(=O)c1ccccc1)c1nc(-c2ccnc(C3CC3)c2)ns1. The summed E-state index contributed by atoms with van der Waals surface area (Å²) in [4.78, 5) is 21.3. The van der Waals surface area contributed by atoms with Crippen molar-refractivity contribution >= 4 is 17.4 Å². The predicted octanol–water partition coefficient (Wildman–Crippen LogP) is 3.97. The fraction of sp³-hybridized carbons (Fsp3) is 0.263. The molecule has 0 aliphatic heterocycles. The summed E-state index contributed by atoms with van der Waals surface area (Å²) in [6.07, 6.45) is 4.26. The summed E-state index contributed by atoms with van der Waals surface area (Å²) in [5.74, 6) is 1.19. The third-order valence-electron chi connectivity index (χ3n) is 4.23. The topological polar surface area (TPSA) is 67.8 Å². The molecule has 4 rings (SSSR count). The molecule has 1 fully saturated rings. The van der Waals surface area contributed by atoms with E-state index in [0.717, 1.165) is 16.3 Å². The van der Waals surface area contributed by atoms with Crippen LogP contribution < -0.4 is 5.32 Å². The van der Waals surface area contributed by atoms with Gasteiger partial charge in [-0.05, 0) is 55.6 Å². The van der Waals surface area contributed by atoms with Crippen molar-refractivity contribution in [1.82, 2.24) is 19.7 Å². The maximum Gasteiger partial charge on any atom is 0.251 e. The Kier molecular flexibility index (Phi) is 4.28. The quantitative estimate of drug-likeness (QED) is 0.756. The number of benzene rings is 1. The van der Waals surface area contributed by atoms with Gasteiger partial charge in [0.1, 0.15) is 5.01 Å². The van der Waals surface area contributed by atoms with E-state index in [1.807, 2.05) is 37.4 Å². The van der Waals surface area contributed by atoms with Crippen molar-refractivity contribution in [1.29, 1.82) is 0 Å². The summed E-state index contributed by atoms with van der Waals surface area (Å²) in [7, 11) is 0. The van der Waals surface area contributed by atoms with Crippen LogP contribution in [0, 0.1) is 0 Å². The van der Waals surface area contributed by atoms with Crippen LogP contribution in [-0.4, -0.2) is 20.2 Å². The molecule has 0 saturated heterocycles. The van der Waals surface area contributed by atoms with Crippen molar-refractivity contribution in [2.75, 3.05) is 0 Å². The molecule has 1 atom stereocenters. The molecule has 1 N–H and O–H groups in total. The lowest BCUT2D eigenvalue weighted by atomic mass is 10.1. The first-order valence-corrected chi connectivity index (χ1v) is 9.14. The van der Waals surface area contributed by atoms with Crippen LogP contribution in [0.1, 0.15) is 52.8 Å². The van der Waals surface area contributed by atoms with Crippen molar-refractivity contribution < 1.29 is 4.79 Å². The number of rotatable bonds is 5. The highest BCUT2D eigenvalue weighted by Crippen LogP contribution is 2.39. The number of carbonyl (C=O) groups is 1.